The molecule has 0 radical (unpaired) electrons. The van der Waals surface area contributed by atoms with Gasteiger partial charge in [0.25, 0.3) is 5.91 Å². The third-order valence-electron chi connectivity index (χ3n) is 4.89. The molecule has 0 spiro atoms. The molecule has 1 fully saturated rings. The molecule has 33 heavy (non-hydrogen) atoms. The summed E-state index contributed by atoms with van der Waals surface area (Å²) in [4.78, 5) is 35.7. The van der Waals surface area contributed by atoms with Crippen LogP contribution in [-0.4, -0.2) is 43.7 Å². The van der Waals surface area contributed by atoms with Crippen molar-refractivity contribution in [3.63, 3.8) is 0 Å². The van der Waals surface area contributed by atoms with Gasteiger partial charge in [-0.25, -0.2) is 5.43 Å². The number of anilines is 1. The molecule has 2 aromatic rings. The average Bonchev–Trinajstić information content (AvgIpc) is 3.59. The third kappa shape index (κ3) is 7.04. The zero-order valence-corrected chi connectivity index (χ0v) is 20.1. The van der Waals surface area contributed by atoms with Crippen LogP contribution in [0.15, 0.2) is 39.9 Å². The Hall–Kier alpha value is -3.40. The van der Waals surface area contributed by atoms with Crippen molar-refractivity contribution < 1.29 is 23.9 Å². The quantitative estimate of drug-likeness (QED) is 0.283. The van der Waals surface area contributed by atoms with Crippen molar-refractivity contribution in [3.8, 4) is 11.5 Å². The summed E-state index contributed by atoms with van der Waals surface area (Å²) < 4.78 is 11.6. The normalized spacial score (nSPS) is 12.8. The molecule has 2 aromatic carbocycles. The van der Waals surface area contributed by atoms with Gasteiger partial charge in [-0.1, -0.05) is 6.07 Å². The Bertz CT molecular complexity index is 1100. The van der Waals surface area contributed by atoms with Crippen molar-refractivity contribution in [3.05, 3.63) is 51.5 Å². The van der Waals surface area contributed by atoms with Crippen molar-refractivity contribution in [2.75, 3.05) is 19.0 Å². The fourth-order valence-corrected chi connectivity index (χ4v) is 3.38. The van der Waals surface area contributed by atoms with Gasteiger partial charge in [0.05, 0.1) is 17.8 Å². The maximum atomic E-state index is 12.3. The van der Waals surface area contributed by atoms with Crippen LogP contribution in [0, 0.1) is 13.8 Å². The number of aryl methyl sites for hydroxylation is 2. The Morgan fingerprint density at radius 3 is 2.55 bits per heavy atom. The maximum absolute atomic E-state index is 12.3. The fraction of sp³-hybridized carbons (Fsp3) is 0.304. The number of carbonyl (C=O) groups is 3. The molecular weight excluding hydrogens is 492 g/mol. The van der Waals surface area contributed by atoms with Crippen LogP contribution in [0.4, 0.5) is 5.69 Å². The first-order valence-electron chi connectivity index (χ1n) is 10.3. The van der Waals surface area contributed by atoms with Crippen LogP contribution in [0.1, 0.15) is 29.5 Å². The van der Waals surface area contributed by atoms with Gasteiger partial charge in [-0.15, -0.1) is 0 Å². The SMILES string of the molecule is COc1cc(/C=N\NC(=O)C(=O)NC2CC2)cc(Br)c1OCC(=O)Nc1ccc(C)c(C)c1. The van der Waals surface area contributed by atoms with Crippen LogP contribution in [0.5, 0.6) is 11.5 Å². The molecule has 3 N–H and O–H groups in total. The minimum Gasteiger partial charge on any atom is -0.493 e. The Labute approximate surface area is 200 Å². The first-order chi connectivity index (χ1) is 15.8. The van der Waals surface area contributed by atoms with Gasteiger partial charge in [0.2, 0.25) is 0 Å². The smallest absolute Gasteiger partial charge is 0.329 e. The zero-order valence-electron chi connectivity index (χ0n) is 18.5. The molecule has 1 aliphatic rings. The number of halogens is 1. The molecule has 3 rings (SSSR count). The average molecular weight is 517 g/mol. The Morgan fingerprint density at radius 1 is 1.12 bits per heavy atom. The van der Waals surface area contributed by atoms with E-state index in [0.29, 0.717) is 27.2 Å². The number of nitrogens with zero attached hydrogens (tertiary/aromatic N) is 1. The number of hydrogen-bond acceptors (Lipinski definition) is 6. The number of hydrogen-bond donors (Lipinski definition) is 3. The molecule has 1 saturated carbocycles. The summed E-state index contributed by atoms with van der Waals surface area (Å²) in [5.74, 6) is -1.15. The highest BCUT2D eigenvalue weighted by molar-refractivity contribution is 9.10. The molecule has 9 nitrogen and oxygen atoms in total. The number of amides is 3. The van der Waals surface area contributed by atoms with Crippen LogP contribution in [0.2, 0.25) is 0 Å². The molecule has 174 valence electrons. The predicted molar refractivity (Wildman–Crippen MR) is 128 cm³/mol. The molecule has 1 aliphatic carbocycles. The minimum absolute atomic E-state index is 0.0862. The number of carbonyl (C=O) groups excluding carboxylic acids is 3. The zero-order chi connectivity index (χ0) is 24.0. The highest BCUT2D eigenvalue weighted by Gasteiger charge is 2.26. The van der Waals surface area contributed by atoms with Gasteiger partial charge < -0.3 is 20.1 Å². The topological polar surface area (TPSA) is 118 Å². The van der Waals surface area contributed by atoms with Crippen LogP contribution in [0.25, 0.3) is 0 Å². The van der Waals surface area contributed by atoms with E-state index >= 15 is 0 Å². The first-order valence-corrected chi connectivity index (χ1v) is 11.1. The number of benzene rings is 2. The lowest BCUT2D eigenvalue weighted by Crippen LogP contribution is -2.38. The molecule has 3 amide bonds. The Kier molecular flexibility index (Phi) is 8.05. The number of rotatable bonds is 8. The third-order valence-corrected chi connectivity index (χ3v) is 5.48. The summed E-state index contributed by atoms with van der Waals surface area (Å²) in [6.45, 7) is 3.76. The van der Waals surface area contributed by atoms with Crippen molar-refractivity contribution in [2.45, 2.75) is 32.7 Å². The van der Waals surface area contributed by atoms with Gasteiger partial charge >= 0.3 is 11.8 Å². The number of ether oxygens (including phenoxy) is 2. The van der Waals surface area contributed by atoms with Gasteiger partial charge in [-0.05, 0) is 83.6 Å². The summed E-state index contributed by atoms with van der Waals surface area (Å²) >= 11 is 3.40. The molecule has 0 aromatic heterocycles. The van der Waals surface area contributed by atoms with E-state index in [1.165, 1.54) is 13.3 Å². The lowest BCUT2D eigenvalue weighted by atomic mass is 10.1. The second-order valence-corrected chi connectivity index (χ2v) is 8.47. The fourth-order valence-electron chi connectivity index (χ4n) is 2.80. The van der Waals surface area contributed by atoms with E-state index in [1.807, 2.05) is 32.0 Å². The number of hydrazone groups is 1. The van der Waals surface area contributed by atoms with E-state index < -0.39 is 11.8 Å². The van der Waals surface area contributed by atoms with E-state index in [0.717, 1.165) is 24.0 Å². The van der Waals surface area contributed by atoms with Crippen molar-refractivity contribution in [1.82, 2.24) is 10.7 Å². The molecule has 0 bridgehead atoms. The molecule has 0 atom stereocenters. The van der Waals surface area contributed by atoms with Crippen LogP contribution in [0.3, 0.4) is 0 Å². The van der Waals surface area contributed by atoms with Crippen molar-refractivity contribution in [2.24, 2.45) is 5.10 Å². The van der Waals surface area contributed by atoms with E-state index in [1.54, 1.807) is 12.1 Å². The summed E-state index contributed by atoms with van der Waals surface area (Å²) in [6.07, 6.45) is 3.14. The Morgan fingerprint density at radius 2 is 1.88 bits per heavy atom. The highest BCUT2D eigenvalue weighted by atomic mass is 79.9. The summed E-state index contributed by atoms with van der Waals surface area (Å²) in [5.41, 5.74) is 5.67. The van der Waals surface area contributed by atoms with Gasteiger partial charge in [-0.2, -0.15) is 5.10 Å². The largest absolute Gasteiger partial charge is 0.493 e. The van der Waals surface area contributed by atoms with Gasteiger partial charge in [0.15, 0.2) is 18.1 Å². The van der Waals surface area contributed by atoms with E-state index in [2.05, 4.69) is 37.1 Å². The predicted octanol–water partition coefficient (Wildman–Crippen LogP) is 2.82. The van der Waals surface area contributed by atoms with Crippen LogP contribution < -0.4 is 25.5 Å². The monoisotopic (exact) mass is 516 g/mol. The minimum atomic E-state index is -0.834. The molecule has 0 unspecified atom stereocenters. The lowest BCUT2D eigenvalue weighted by molar-refractivity contribution is -0.139. The van der Waals surface area contributed by atoms with Gasteiger partial charge in [0, 0.05) is 11.7 Å². The maximum Gasteiger partial charge on any atom is 0.329 e. The summed E-state index contributed by atoms with van der Waals surface area (Å²) in [7, 11) is 1.47. The standard InChI is InChI=1S/C23H25BrN4O5/c1-13-4-5-17(8-14(13)2)26-20(29)12-33-21-18(24)9-15(10-19(21)32-3)11-25-28-23(31)22(30)27-16-6-7-16/h4-5,8-11,16H,6-7,12H2,1-3H3,(H,26,29)(H,27,30)(H,28,31)/b25-11-. The highest BCUT2D eigenvalue weighted by Crippen LogP contribution is 2.36. The van der Waals surface area contributed by atoms with Gasteiger partial charge in [0.1, 0.15) is 0 Å². The number of nitrogens with one attached hydrogen (secondary N) is 3. The molecule has 0 aliphatic heterocycles. The summed E-state index contributed by atoms with van der Waals surface area (Å²) in [6, 6.07) is 9.06. The lowest BCUT2D eigenvalue weighted by Gasteiger charge is -2.14. The second-order valence-electron chi connectivity index (χ2n) is 7.62. The molecule has 10 heteroatoms. The van der Waals surface area contributed by atoms with Crippen molar-refractivity contribution in [1.29, 1.82) is 0 Å². The van der Waals surface area contributed by atoms with Gasteiger partial charge in [-0.3, -0.25) is 14.4 Å². The van der Waals surface area contributed by atoms with Crippen LogP contribution >= 0.6 is 15.9 Å². The second kappa shape index (κ2) is 11.0. The van der Waals surface area contributed by atoms with E-state index in [-0.39, 0.29) is 18.6 Å². The summed E-state index contributed by atoms with van der Waals surface area (Å²) in [5, 5.41) is 9.18. The Balaban J connectivity index is 1.58. The molecular formula is C23H25BrN4O5. The first kappa shape index (κ1) is 24.2. The van der Waals surface area contributed by atoms with E-state index in [9.17, 15) is 14.4 Å². The molecule has 0 heterocycles. The molecule has 0 saturated heterocycles. The van der Waals surface area contributed by atoms with E-state index in [4.69, 9.17) is 9.47 Å². The number of methoxy groups -OCH3 is 1. The van der Waals surface area contributed by atoms with Crippen molar-refractivity contribution >= 4 is 45.6 Å². The van der Waals surface area contributed by atoms with Crippen LogP contribution in [-0.2, 0) is 14.4 Å².